The number of rotatable bonds is 2. The van der Waals surface area contributed by atoms with Crippen LogP contribution in [0.4, 0.5) is 5.95 Å². The Morgan fingerprint density at radius 1 is 1.47 bits per heavy atom. The summed E-state index contributed by atoms with van der Waals surface area (Å²) in [4.78, 5) is 4.08. The van der Waals surface area contributed by atoms with E-state index in [-0.39, 0.29) is 0 Å². The molecule has 2 heterocycles. The minimum atomic E-state index is 0.374. The molecule has 0 unspecified atom stereocenters. The van der Waals surface area contributed by atoms with E-state index in [2.05, 4.69) is 36.2 Å². The van der Waals surface area contributed by atoms with Gasteiger partial charge in [0.2, 0.25) is 5.95 Å². The molecule has 0 fully saturated rings. The van der Waals surface area contributed by atoms with Crippen molar-refractivity contribution in [1.29, 1.82) is 0 Å². The lowest BCUT2D eigenvalue weighted by Crippen LogP contribution is -1.96. The van der Waals surface area contributed by atoms with Crippen LogP contribution in [0.25, 0.3) is 10.9 Å². The number of nitrogen functional groups attached to an aromatic ring is 1. The maximum atomic E-state index is 5.72. The van der Waals surface area contributed by atoms with E-state index in [1.165, 1.54) is 0 Å². The van der Waals surface area contributed by atoms with Gasteiger partial charge < -0.3 is 5.73 Å². The van der Waals surface area contributed by atoms with Crippen LogP contribution in [0.2, 0.25) is 0 Å². The Kier molecular flexibility index (Phi) is 2.83. The molecule has 0 spiro atoms. The topological polar surface area (TPSA) is 84.9 Å². The first-order valence-electron chi connectivity index (χ1n) is 5.63. The first-order chi connectivity index (χ1) is 9.13. The monoisotopic (exact) mass is 318 g/mol. The van der Waals surface area contributed by atoms with E-state index in [9.17, 15) is 0 Å². The highest BCUT2D eigenvalue weighted by atomic mass is 79.9. The quantitative estimate of drug-likeness (QED) is 0.711. The van der Waals surface area contributed by atoms with Crippen LogP contribution in [0.15, 0.2) is 34.1 Å². The highest BCUT2D eigenvalue weighted by Gasteiger charge is 2.03. The lowest BCUT2D eigenvalue weighted by atomic mass is 10.2. The van der Waals surface area contributed by atoms with Gasteiger partial charge in [-0.25, -0.2) is 9.66 Å². The van der Waals surface area contributed by atoms with Gasteiger partial charge in [0.05, 0.1) is 23.6 Å². The first kappa shape index (κ1) is 11.9. The third kappa shape index (κ3) is 2.24. The fourth-order valence-corrected chi connectivity index (χ4v) is 2.21. The molecule has 0 aliphatic heterocycles. The summed E-state index contributed by atoms with van der Waals surface area (Å²) in [6, 6.07) is 5.87. The predicted octanol–water partition coefficient (Wildman–Crippen LogP) is 2.29. The van der Waals surface area contributed by atoms with Crippen molar-refractivity contribution < 1.29 is 0 Å². The van der Waals surface area contributed by atoms with Gasteiger partial charge in [-0.3, -0.25) is 5.10 Å². The number of nitrogens with one attached hydrogen (secondary N) is 1. The fourth-order valence-electron chi connectivity index (χ4n) is 1.80. The number of fused-ring (bicyclic) bond motifs is 1. The number of aryl methyl sites for hydroxylation is 1. The molecule has 0 atom stereocenters. The van der Waals surface area contributed by atoms with Crippen LogP contribution in [0.3, 0.4) is 0 Å². The van der Waals surface area contributed by atoms with Crippen LogP contribution in [-0.4, -0.2) is 26.1 Å². The molecule has 0 radical (unpaired) electrons. The molecule has 7 heteroatoms. The summed E-state index contributed by atoms with van der Waals surface area (Å²) in [6.45, 7) is 1.87. The summed E-state index contributed by atoms with van der Waals surface area (Å²) in [7, 11) is 0. The van der Waals surface area contributed by atoms with Crippen molar-refractivity contribution in [1.82, 2.24) is 19.9 Å². The molecular weight excluding hydrogens is 308 g/mol. The number of aromatic nitrogens is 4. The lowest BCUT2D eigenvalue weighted by molar-refractivity contribution is 0.897. The molecule has 0 bridgehead atoms. The number of nitrogens with two attached hydrogens (primary N) is 1. The van der Waals surface area contributed by atoms with Crippen LogP contribution in [-0.2, 0) is 0 Å². The Labute approximate surface area is 117 Å². The third-order valence-corrected chi connectivity index (χ3v) is 3.30. The molecule has 0 amide bonds. The van der Waals surface area contributed by atoms with Crippen molar-refractivity contribution in [3.8, 4) is 0 Å². The van der Waals surface area contributed by atoms with Crippen molar-refractivity contribution in [3.05, 3.63) is 40.3 Å². The van der Waals surface area contributed by atoms with Gasteiger partial charge in [-0.1, -0.05) is 6.07 Å². The number of anilines is 1. The zero-order chi connectivity index (χ0) is 13.4. The van der Waals surface area contributed by atoms with Gasteiger partial charge in [-0.05, 0) is 40.5 Å². The van der Waals surface area contributed by atoms with Gasteiger partial charge in [-0.2, -0.15) is 10.2 Å². The summed E-state index contributed by atoms with van der Waals surface area (Å²) in [5.41, 5.74) is 8.42. The summed E-state index contributed by atoms with van der Waals surface area (Å²) in [6.07, 6.45) is 3.51. The predicted molar refractivity (Wildman–Crippen MR) is 78.2 cm³/mol. The SMILES string of the molecule is Cc1cn(N=Cc2ccc3n[nH]c(Br)c3c2)c(N)n1. The summed E-state index contributed by atoms with van der Waals surface area (Å²) < 4.78 is 2.40. The standard InChI is InChI=1S/C12H11BrN6/c1-7-6-19(12(14)16-7)15-5-8-2-3-10-9(4-8)11(13)18-17-10/h2-6H,1H3,(H2,14,16)(H,17,18). The van der Waals surface area contributed by atoms with Crippen LogP contribution in [0, 0.1) is 6.92 Å². The number of benzene rings is 1. The second-order valence-electron chi connectivity index (χ2n) is 4.14. The number of halogens is 1. The van der Waals surface area contributed by atoms with Crippen molar-refractivity contribution in [2.75, 3.05) is 5.73 Å². The number of aromatic amines is 1. The van der Waals surface area contributed by atoms with Crippen molar-refractivity contribution >= 4 is 39.0 Å². The van der Waals surface area contributed by atoms with Crippen molar-refractivity contribution in [2.45, 2.75) is 6.92 Å². The van der Waals surface area contributed by atoms with Crippen LogP contribution >= 0.6 is 15.9 Å². The van der Waals surface area contributed by atoms with Gasteiger partial charge >= 0.3 is 0 Å². The number of nitrogens with zero attached hydrogens (tertiary/aromatic N) is 4. The molecule has 6 nitrogen and oxygen atoms in total. The smallest absolute Gasteiger partial charge is 0.221 e. The Morgan fingerprint density at radius 2 is 2.32 bits per heavy atom. The lowest BCUT2D eigenvalue weighted by Gasteiger charge is -1.96. The van der Waals surface area contributed by atoms with E-state index in [4.69, 9.17) is 5.73 Å². The Hall–Kier alpha value is -2.15. The minimum absolute atomic E-state index is 0.374. The zero-order valence-electron chi connectivity index (χ0n) is 10.1. The molecule has 0 aliphatic carbocycles. The molecule has 0 aliphatic rings. The molecule has 0 saturated heterocycles. The average molecular weight is 319 g/mol. The van der Waals surface area contributed by atoms with Crippen molar-refractivity contribution in [2.24, 2.45) is 5.10 Å². The molecule has 19 heavy (non-hydrogen) atoms. The number of hydrogen-bond donors (Lipinski definition) is 2. The summed E-state index contributed by atoms with van der Waals surface area (Å²) in [5, 5.41) is 12.3. The van der Waals surface area contributed by atoms with Crippen molar-refractivity contribution in [3.63, 3.8) is 0 Å². The number of H-pyrrole nitrogens is 1. The molecule has 1 aromatic carbocycles. The van der Waals surface area contributed by atoms with Crippen LogP contribution in [0.1, 0.15) is 11.3 Å². The summed E-state index contributed by atoms with van der Waals surface area (Å²) >= 11 is 3.41. The second kappa shape index (κ2) is 4.51. The van der Waals surface area contributed by atoms with E-state index < -0.39 is 0 Å². The largest absolute Gasteiger partial charge is 0.368 e. The Bertz CT molecular complexity index is 770. The van der Waals surface area contributed by atoms with E-state index in [1.54, 1.807) is 17.1 Å². The van der Waals surface area contributed by atoms with Gasteiger partial charge in [0.25, 0.3) is 0 Å². The molecule has 0 saturated carbocycles. The molecule has 96 valence electrons. The Balaban J connectivity index is 1.96. The van der Waals surface area contributed by atoms with Gasteiger partial charge in [0.15, 0.2) is 0 Å². The van der Waals surface area contributed by atoms with E-state index in [0.29, 0.717) is 5.95 Å². The normalized spacial score (nSPS) is 11.7. The summed E-state index contributed by atoms with van der Waals surface area (Å²) in [5.74, 6) is 0.374. The zero-order valence-corrected chi connectivity index (χ0v) is 11.7. The average Bonchev–Trinajstić information content (AvgIpc) is 2.90. The van der Waals surface area contributed by atoms with Crippen LogP contribution < -0.4 is 5.73 Å². The third-order valence-electron chi connectivity index (χ3n) is 2.70. The highest BCUT2D eigenvalue weighted by Crippen LogP contribution is 2.21. The molecular formula is C12H11BrN6. The highest BCUT2D eigenvalue weighted by molar-refractivity contribution is 9.10. The molecule has 3 N–H and O–H groups in total. The van der Waals surface area contributed by atoms with Crippen LogP contribution in [0.5, 0.6) is 0 Å². The fraction of sp³-hybridized carbons (Fsp3) is 0.0833. The Morgan fingerprint density at radius 3 is 3.05 bits per heavy atom. The maximum Gasteiger partial charge on any atom is 0.221 e. The maximum absolute atomic E-state index is 5.72. The molecule has 3 aromatic rings. The van der Waals surface area contributed by atoms with E-state index >= 15 is 0 Å². The van der Waals surface area contributed by atoms with E-state index in [0.717, 1.165) is 26.8 Å². The molecule has 3 rings (SSSR count). The minimum Gasteiger partial charge on any atom is -0.368 e. The van der Waals surface area contributed by atoms with E-state index in [1.807, 2.05) is 25.1 Å². The second-order valence-corrected chi connectivity index (χ2v) is 4.94. The van der Waals surface area contributed by atoms with Gasteiger partial charge in [0, 0.05) is 5.39 Å². The number of hydrogen-bond acceptors (Lipinski definition) is 4. The first-order valence-corrected chi connectivity index (χ1v) is 6.42. The van der Waals surface area contributed by atoms with Gasteiger partial charge in [-0.15, -0.1) is 0 Å². The van der Waals surface area contributed by atoms with Gasteiger partial charge in [0.1, 0.15) is 4.60 Å². The molecule has 2 aromatic heterocycles. The number of imidazole rings is 1.